The lowest BCUT2D eigenvalue weighted by Crippen LogP contribution is -2.45. The Morgan fingerprint density at radius 1 is 1.30 bits per heavy atom. The van der Waals surface area contributed by atoms with E-state index in [9.17, 15) is 4.79 Å². The first kappa shape index (κ1) is 16.4. The third kappa shape index (κ3) is 3.73. The van der Waals surface area contributed by atoms with Gasteiger partial charge in [-0.2, -0.15) is 5.10 Å². The average Bonchev–Trinajstić information content (AvgIpc) is 3.08. The van der Waals surface area contributed by atoms with E-state index in [4.69, 9.17) is 0 Å². The van der Waals surface area contributed by atoms with E-state index in [1.165, 1.54) is 11.3 Å². The molecule has 1 aliphatic rings. The standard InChI is InChI=1S/C16H25N5OS/c1-12-13-11-14(23-16(13)20(3)18-12)15(22)17-5-4-6-21-9-7-19(2)8-10-21/h11H,4-10H2,1-3H3,(H,17,22). The molecule has 3 rings (SSSR count). The van der Waals surface area contributed by atoms with E-state index in [0.717, 1.165) is 66.5 Å². The highest BCUT2D eigenvalue weighted by Crippen LogP contribution is 2.27. The number of aryl methyl sites for hydroxylation is 2. The van der Waals surface area contributed by atoms with Crippen LogP contribution in [0.5, 0.6) is 0 Å². The zero-order chi connectivity index (χ0) is 16.4. The summed E-state index contributed by atoms with van der Waals surface area (Å²) in [6, 6.07) is 1.96. The summed E-state index contributed by atoms with van der Waals surface area (Å²) >= 11 is 1.51. The lowest BCUT2D eigenvalue weighted by atomic mass is 10.3. The zero-order valence-electron chi connectivity index (χ0n) is 14.1. The molecule has 1 amide bonds. The van der Waals surface area contributed by atoms with Gasteiger partial charge in [0.05, 0.1) is 10.6 Å². The van der Waals surface area contributed by atoms with E-state index in [0.29, 0.717) is 0 Å². The van der Waals surface area contributed by atoms with E-state index in [1.807, 2.05) is 24.7 Å². The Labute approximate surface area is 141 Å². The number of piperazine rings is 1. The minimum absolute atomic E-state index is 0.0315. The van der Waals surface area contributed by atoms with Crippen LogP contribution in [-0.2, 0) is 7.05 Å². The molecule has 2 aromatic rings. The fraction of sp³-hybridized carbons (Fsp3) is 0.625. The maximum Gasteiger partial charge on any atom is 0.261 e. The Kier molecular flexibility index (Phi) is 4.99. The molecule has 2 aromatic heterocycles. The Bertz CT molecular complexity index is 650. The molecule has 1 fully saturated rings. The van der Waals surface area contributed by atoms with Crippen LogP contribution in [0.1, 0.15) is 21.8 Å². The van der Waals surface area contributed by atoms with Gasteiger partial charge < -0.3 is 15.1 Å². The Morgan fingerprint density at radius 3 is 2.74 bits per heavy atom. The van der Waals surface area contributed by atoms with E-state index in [2.05, 4.69) is 27.3 Å². The first-order valence-corrected chi connectivity index (χ1v) is 8.98. The molecule has 1 saturated heterocycles. The number of hydrogen-bond acceptors (Lipinski definition) is 5. The monoisotopic (exact) mass is 335 g/mol. The SMILES string of the molecule is Cc1nn(C)c2sc(C(=O)NCCCN3CCN(C)CC3)cc12. The van der Waals surface area contributed by atoms with Crippen molar-refractivity contribution in [1.29, 1.82) is 0 Å². The largest absolute Gasteiger partial charge is 0.351 e. The number of amides is 1. The number of thiophene rings is 1. The lowest BCUT2D eigenvalue weighted by Gasteiger charge is -2.32. The highest BCUT2D eigenvalue weighted by molar-refractivity contribution is 7.20. The fourth-order valence-electron chi connectivity index (χ4n) is 2.98. The second-order valence-electron chi connectivity index (χ2n) is 6.29. The fourth-order valence-corrected chi connectivity index (χ4v) is 4.02. The predicted octanol–water partition coefficient (Wildman–Crippen LogP) is 1.31. The van der Waals surface area contributed by atoms with Crippen LogP contribution >= 0.6 is 11.3 Å². The number of nitrogens with zero attached hydrogens (tertiary/aromatic N) is 4. The van der Waals surface area contributed by atoms with Gasteiger partial charge in [-0.25, -0.2) is 0 Å². The maximum absolute atomic E-state index is 12.3. The lowest BCUT2D eigenvalue weighted by molar-refractivity contribution is 0.0953. The molecule has 0 unspecified atom stereocenters. The highest BCUT2D eigenvalue weighted by atomic mass is 32.1. The average molecular weight is 335 g/mol. The van der Waals surface area contributed by atoms with Crippen molar-refractivity contribution in [3.8, 4) is 0 Å². The van der Waals surface area contributed by atoms with Gasteiger partial charge in [-0.15, -0.1) is 11.3 Å². The Morgan fingerprint density at radius 2 is 2.04 bits per heavy atom. The quantitative estimate of drug-likeness (QED) is 0.837. The van der Waals surface area contributed by atoms with Crippen LogP contribution in [0, 0.1) is 6.92 Å². The number of rotatable bonds is 5. The number of fused-ring (bicyclic) bond motifs is 1. The molecule has 0 aromatic carbocycles. The van der Waals surface area contributed by atoms with Crippen LogP contribution in [0.3, 0.4) is 0 Å². The number of carbonyl (C=O) groups is 1. The molecule has 3 heterocycles. The topological polar surface area (TPSA) is 53.4 Å². The second-order valence-corrected chi connectivity index (χ2v) is 7.32. The summed E-state index contributed by atoms with van der Waals surface area (Å²) in [5, 5.41) is 8.49. The summed E-state index contributed by atoms with van der Waals surface area (Å²) in [4.78, 5) is 18.9. The highest BCUT2D eigenvalue weighted by Gasteiger charge is 2.15. The van der Waals surface area contributed by atoms with Gasteiger partial charge in [0.1, 0.15) is 4.83 Å². The molecular weight excluding hydrogens is 310 g/mol. The van der Waals surface area contributed by atoms with Crippen LogP contribution < -0.4 is 5.32 Å². The van der Waals surface area contributed by atoms with Crippen molar-refractivity contribution in [3.63, 3.8) is 0 Å². The third-order valence-corrected chi connectivity index (χ3v) is 5.65. The predicted molar refractivity (Wildman–Crippen MR) is 94.2 cm³/mol. The molecule has 23 heavy (non-hydrogen) atoms. The van der Waals surface area contributed by atoms with Gasteiger partial charge in [-0.1, -0.05) is 0 Å². The van der Waals surface area contributed by atoms with Crippen molar-refractivity contribution >= 4 is 27.5 Å². The van der Waals surface area contributed by atoms with E-state index in [1.54, 1.807) is 0 Å². The van der Waals surface area contributed by atoms with Gasteiger partial charge in [0.2, 0.25) is 0 Å². The van der Waals surface area contributed by atoms with Crippen molar-refractivity contribution in [1.82, 2.24) is 24.9 Å². The molecule has 126 valence electrons. The number of aromatic nitrogens is 2. The Balaban J connectivity index is 1.46. The first-order valence-electron chi connectivity index (χ1n) is 8.17. The molecule has 0 aliphatic carbocycles. The molecule has 0 saturated carbocycles. The van der Waals surface area contributed by atoms with E-state index < -0.39 is 0 Å². The second kappa shape index (κ2) is 6.98. The smallest absolute Gasteiger partial charge is 0.261 e. The number of likely N-dealkylation sites (N-methyl/N-ethyl adjacent to an activating group) is 1. The van der Waals surface area contributed by atoms with Crippen LogP contribution in [0.25, 0.3) is 10.2 Å². The first-order chi connectivity index (χ1) is 11.0. The molecule has 7 heteroatoms. The molecule has 1 N–H and O–H groups in total. The summed E-state index contributed by atoms with van der Waals surface area (Å²) in [6.45, 7) is 8.32. The van der Waals surface area contributed by atoms with Crippen molar-refractivity contribution in [2.75, 3.05) is 46.3 Å². The van der Waals surface area contributed by atoms with Crippen LogP contribution in [0.2, 0.25) is 0 Å². The maximum atomic E-state index is 12.3. The molecule has 0 spiro atoms. The Hall–Kier alpha value is -1.44. The minimum atomic E-state index is 0.0315. The summed E-state index contributed by atoms with van der Waals surface area (Å²) < 4.78 is 1.85. The molecular formula is C16H25N5OS. The summed E-state index contributed by atoms with van der Waals surface area (Å²) in [6.07, 6.45) is 1.00. The zero-order valence-corrected chi connectivity index (χ0v) is 14.9. The minimum Gasteiger partial charge on any atom is -0.351 e. The van der Waals surface area contributed by atoms with Crippen LogP contribution in [0.15, 0.2) is 6.07 Å². The number of nitrogens with one attached hydrogen (secondary N) is 1. The van der Waals surface area contributed by atoms with Gasteiger partial charge in [0.25, 0.3) is 5.91 Å². The normalized spacial score (nSPS) is 17.0. The van der Waals surface area contributed by atoms with Gasteiger partial charge in [0, 0.05) is 45.2 Å². The van der Waals surface area contributed by atoms with Crippen LogP contribution in [0.4, 0.5) is 0 Å². The summed E-state index contributed by atoms with van der Waals surface area (Å²) in [7, 11) is 4.09. The van der Waals surface area contributed by atoms with Crippen molar-refractivity contribution in [3.05, 3.63) is 16.6 Å². The van der Waals surface area contributed by atoms with Crippen molar-refractivity contribution in [2.45, 2.75) is 13.3 Å². The van der Waals surface area contributed by atoms with E-state index >= 15 is 0 Å². The van der Waals surface area contributed by atoms with Gasteiger partial charge >= 0.3 is 0 Å². The van der Waals surface area contributed by atoms with Crippen molar-refractivity contribution in [2.24, 2.45) is 7.05 Å². The number of carbonyl (C=O) groups excluding carboxylic acids is 1. The van der Waals surface area contributed by atoms with Crippen LogP contribution in [-0.4, -0.2) is 71.8 Å². The van der Waals surface area contributed by atoms with E-state index in [-0.39, 0.29) is 5.91 Å². The molecule has 0 radical (unpaired) electrons. The molecule has 6 nitrogen and oxygen atoms in total. The van der Waals surface area contributed by atoms with Gasteiger partial charge in [-0.05, 0) is 33.0 Å². The van der Waals surface area contributed by atoms with Gasteiger partial charge in [-0.3, -0.25) is 9.48 Å². The molecule has 0 bridgehead atoms. The summed E-state index contributed by atoms with van der Waals surface area (Å²) in [5.74, 6) is 0.0315. The van der Waals surface area contributed by atoms with Gasteiger partial charge in [0.15, 0.2) is 0 Å². The molecule has 0 atom stereocenters. The summed E-state index contributed by atoms with van der Waals surface area (Å²) in [5.41, 5.74) is 0.980. The molecule has 1 aliphatic heterocycles. The third-order valence-electron chi connectivity index (χ3n) is 4.45. The number of hydrogen-bond donors (Lipinski definition) is 1. The van der Waals surface area contributed by atoms with Crippen molar-refractivity contribution < 1.29 is 4.79 Å².